The third-order valence-electron chi connectivity index (χ3n) is 5.26. The van der Waals surface area contributed by atoms with Crippen LogP contribution in [0.2, 0.25) is 5.28 Å². The maximum atomic E-state index is 13.2. The van der Waals surface area contributed by atoms with Crippen molar-refractivity contribution in [3.05, 3.63) is 63.8 Å². The molecule has 0 fully saturated rings. The van der Waals surface area contributed by atoms with Gasteiger partial charge >= 0.3 is 12.2 Å². The van der Waals surface area contributed by atoms with Gasteiger partial charge in [0.2, 0.25) is 5.28 Å². The van der Waals surface area contributed by atoms with Gasteiger partial charge in [0.15, 0.2) is 0 Å². The number of hydrogen-bond acceptors (Lipinski definition) is 8. The molecule has 9 nitrogen and oxygen atoms in total. The number of fused-ring (bicyclic) bond motifs is 1. The summed E-state index contributed by atoms with van der Waals surface area (Å²) < 4.78 is 44.5. The molecule has 178 valence electrons. The molecule has 1 amide bonds. The zero-order chi connectivity index (χ0) is 24.6. The van der Waals surface area contributed by atoms with E-state index in [0.29, 0.717) is 22.6 Å². The molecule has 0 aliphatic carbocycles. The smallest absolute Gasteiger partial charge is 0.416 e. The first-order valence-corrected chi connectivity index (χ1v) is 10.4. The van der Waals surface area contributed by atoms with E-state index in [0.717, 1.165) is 12.1 Å². The summed E-state index contributed by atoms with van der Waals surface area (Å²) in [6, 6.07) is 2.89. The van der Waals surface area contributed by atoms with Gasteiger partial charge in [0.25, 0.3) is 5.91 Å². The van der Waals surface area contributed by atoms with Gasteiger partial charge in [-0.25, -0.2) is 19.9 Å². The summed E-state index contributed by atoms with van der Waals surface area (Å²) in [5.41, 5.74) is 6.55. The predicted octanol–water partition coefficient (Wildman–Crippen LogP) is 3.86. The van der Waals surface area contributed by atoms with Gasteiger partial charge in [-0.2, -0.15) is 13.2 Å². The first-order chi connectivity index (χ1) is 16.0. The molecule has 0 saturated carbocycles. The standard InChI is InChI=1S/C21H19ClF3N7O2/c1-10(11-3-13(21(23,24)25)5-14(26)4-11)29-17-15-8-32(9-16(15)30-19(22)31-17)18(33)12-6-27-20(34-2)28-7-12/h3-7,10H,8-9,26H2,1-2H3,(H,29,30,31)/t10-/m1/s1. The molecule has 4 rings (SSSR count). The molecule has 0 radical (unpaired) electrons. The van der Waals surface area contributed by atoms with E-state index in [2.05, 4.69) is 25.3 Å². The first-order valence-electron chi connectivity index (χ1n) is 10.00. The molecule has 1 aliphatic rings. The van der Waals surface area contributed by atoms with Gasteiger partial charge in [0.1, 0.15) is 5.82 Å². The molecule has 13 heteroatoms. The van der Waals surface area contributed by atoms with E-state index in [1.54, 1.807) is 6.92 Å². The average Bonchev–Trinajstić information content (AvgIpc) is 3.21. The van der Waals surface area contributed by atoms with Crippen LogP contribution in [0.5, 0.6) is 6.01 Å². The lowest BCUT2D eigenvalue weighted by molar-refractivity contribution is -0.137. The van der Waals surface area contributed by atoms with Gasteiger partial charge in [0, 0.05) is 23.6 Å². The van der Waals surface area contributed by atoms with Gasteiger partial charge in [-0.05, 0) is 42.3 Å². The van der Waals surface area contributed by atoms with Gasteiger partial charge < -0.3 is 20.7 Å². The minimum absolute atomic E-state index is 0.0112. The van der Waals surface area contributed by atoms with E-state index in [9.17, 15) is 18.0 Å². The van der Waals surface area contributed by atoms with Crippen molar-refractivity contribution in [3.63, 3.8) is 0 Å². The van der Waals surface area contributed by atoms with Gasteiger partial charge in [-0.3, -0.25) is 4.79 Å². The van der Waals surface area contributed by atoms with Crippen LogP contribution < -0.4 is 15.8 Å². The Balaban J connectivity index is 1.58. The SMILES string of the molecule is COc1ncc(C(=O)N2Cc3nc(Cl)nc(N[C@H](C)c4cc(N)cc(C(F)(F)F)c4)c3C2)cn1. The number of nitrogen functional groups attached to an aromatic ring is 1. The second kappa shape index (κ2) is 8.93. The van der Waals surface area contributed by atoms with E-state index in [1.807, 2.05) is 0 Å². The molecule has 0 saturated heterocycles. The number of benzene rings is 1. The van der Waals surface area contributed by atoms with Crippen LogP contribution in [0.4, 0.5) is 24.7 Å². The molecule has 3 heterocycles. The van der Waals surface area contributed by atoms with E-state index in [1.165, 1.54) is 30.5 Å². The number of aromatic nitrogens is 4. The maximum Gasteiger partial charge on any atom is 0.416 e. The highest BCUT2D eigenvalue weighted by Gasteiger charge is 2.32. The summed E-state index contributed by atoms with van der Waals surface area (Å²) in [6.45, 7) is 2.00. The van der Waals surface area contributed by atoms with Crippen LogP contribution in [0.3, 0.4) is 0 Å². The number of alkyl halides is 3. The molecule has 1 aromatic carbocycles. The number of nitrogens with two attached hydrogens (primary N) is 1. The summed E-state index contributed by atoms with van der Waals surface area (Å²) in [5, 5.41) is 3.03. The minimum Gasteiger partial charge on any atom is -0.467 e. The van der Waals surface area contributed by atoms with E-state index >= 15 is 0 Å². The number of carbonyl (C=O) groups excluding carboxylic acids is 1. The normalized spacial score (nSPS) is 14.0. The summed E-state index contributed by atoms with van der Waals surface area (Å²) in [5.74, 6) is -0.0128. The monoisotopic (exact) mass is 493 g/mol. The molecule has 3 aromatic rings. The highest BCUT2D eigenvalue weighted by molar-refractivity contribution is 6.28. The molecular formula is C21H19ClF3N7O2. The Bertz CT molecular complexity index is 1240. The number of hydrogen-bond donors (Lipinski definition) is 2. The van der Waals surface area contributed by atoms with Crippen LogP contribution in [0.25, 0.3) is 0 Å². The van der Waals surface area contributed by atoms with Crippen molar-refractivity contribution in [3.8, 4) is 6.01 Å². The highest BCUT2D eigenvalue weighted by Crippen LogP contribution is 2.35. The lowest BCUT2D eigenvalue weighted by atomic mass is 10.0. The molecule has 2 aromatic heterocycles. The maximum absolute atomic E-state index is 13.2. The van der Waals surface area contributed by atoms with Crippen LogP contribution in [0.1, 0.15) is 45.7 Å². The second-order valence-corrected chi connectivity index (χ2v) is 7.98. The number of anilines is 2. The van der Waals surface area contributed by atoms with Crippen molar-refractivity contribution >= 4 is 29.0 Å². The molecule has 34 heavy (non-hydrogen) atoms. The average molecular weight is 494 g/mol. The Morgan fingerprint density at radius 1 is 1.21 bits per heavy atom. The number of methoxy groups -OCH3 is 1. The summed E-state index contributed by atoms with van der Waals surface area (Å²) in [6.07, 6.45) is -1.82. The first kappa shape index (κ1) is 23.5. The number of nitrogens with zero attached hydrogens (tertiary/aromatic N) is 5. The van der Waals surface area contributed by atoms with Crippen LogP contribution >= 0.6 is 11.6 Å². The van der Waals surface area contributed by atoms with Crippen LogP contribution in [0, 0.1) is 0 Å². The Morgan fingerprint density at radius 3 is 2.56 bits per heavy atom. The molecule has 0 bridgehead atoms. The molecular weight excluding hydrogens is 475 g/mol. The number of rotatable bonds is 5. The van der Waals surface area contributed by atoms with Gasteiger partial charge in [0.05, 0.1) is 43.1 Å². The lowest BCUT2D eigenvalue weighted by Gasteiger charge is -2.19. The Kier molecular flexibility index (Phi) is 6.17. The van der Waals surface area contributed by atoms with Crippen molar-refractivity contribution in [1.29, 1.82) is 0 Å². The quantitative estimate of drug-likeness (QED) is 0.406. The number of nitrogens with one attached hydrogen (secondary N) is 1. The van der Waals surface area contributed by atoms with Crippen molar-refractivity contribution in [1.82, 2.24) is 24.8 Å². The topological polar surface area (TPSA) is 119 Å². The lowest BCUT2D eigenvalue weighted by Crippen LogP contribution is -2.25. The van der Waals surface area contributed by atoms with Crippen molar-refractivity contribution < 1.29 is 22.7 Å². The minimum atomic E-state index is -4.53. The van der Waals surface area contributed by atoms with Crippen molar-refractivity contribution in [2.24, 2.45) is 0 Å². The predicted molar refractivity (Wildman–Crippen MR) is 117 cm³/mol. The number of ether oxygens (including phenoxy) is 1. The fourth-order valence-electron chi connectivity index (χ4n) is 3.58. The Morgan fingerprint density at radius 2 is 1.91 bits per heavy atom. The molecule has 1 aliphatic heterocycles. The highest BCUT2D eigenvalue weighted by atomic mass is 35.5. The third kappa shape index (κ3) is 4.81. The number of amides is 1. The van der Waals surface area contributed by atoms with E-state index in [-0.39, 0.29) is 41.5 Å². The Labute approximate surface area is 197 Å². The van der Waals surface area contributed by atoms with E-state index < -0.39 is 17.8 Å². The van der Waals surface area contributed by atoms with Crippen LogP contribution in [0.15, 0.2) is 30.6 Å². The van der Waals surface area contributed by atoms with Crippen molar-refractivity contribution in [2.75, 3.05) is 18.2 Å². The van der Waals surface area contributed by atoms with Gasteiger partial charge in [-0.15, -0.1) is 0 Å². The van der Waals surface area contributed by atoms with E-state index in [4.69, 9.17) is 22.1 Å². The third-order valence-corrected chi connectivity index (χ3v) is 5.43. The van der Waals surface area contributed by atoms with Crippen molar-refractivity contribution in [2.45, 2.75) is 32.2 Å². The number of carbonyl (C=O) groups is 1. The summed E-state index contributed by atoms with van der Waals surface area (Å²) >= 11 is 6.08. The fraction of sp³-hybridized carbons (Fsp3) is 0.286. The van der Waals surface area contributed by atoms with Crippen LogP contribution in [-0.2, 0) is 19.3 Å². The molecule has 0 spiro atoms. The fourth-order valence-corrected chi connectivity index (χ4v) is 3.77. The van der Waals surface area contributed by atoms with Gasteiger partial charge in [-0.1, -0.05) is 0 Å². The zero-order valence-electron chi connectivity index (χ0n) is 18.0. The van der Waals surface area contributed by atoms with Crippen LogP contribution in [-0.4, -0.2) is 37.9 Å². The summed E-state index contributed by atoms with van der Waals surface area (Å²) in [7, 11) is 1.42. The number of halogens is 4. The summed E-state index contributed by atoms with van der Waals surface area (Å²) in [4.78, 5) is 30.7. The second-order valence-electron chi connectivity index (χ2n) is 7.64. The zero-order valence-corrected chi connectivity index (χ0v) is 18.8. The molecule has 0 unspecified atom stereocenters. The largest absolute Gasteiger partial charge is 0.467 e. The molecule has 3 N–H and O–H groups in total. The Hall–Kier alpha value is -3.67. The molecule has 1 atom stereocenters.